The molecule has 0 bridgehead atoms. The number of nitrogens with one attached hydrogen (secondary N) is 1. The van der Waals surface area contributed by atoms with Gasteiger partial charge in [0.15, 0.2) is 0 Å². The van der Waals surface area contributed by atoms with E-state index in [9.17, 15) is 9.59 Å². The molecule has 0 saturated heterocycles. The van der Waals surface area contributed by atoms with Gasteiger partial charge < -0.3 is 18.6 Å². The molecule has 0 fully saturated rings. The van der Waals surface area contributed by atoms with E-state index in [0.717, 1.165) is 38.8 Å². The fourth-order valence-electron chi connectivity index (χ4n) is 4.36. The zero-order valence-corrected chi connectivity index (χ0v) is 18.7. The lowest BCUT2D eigenvalue weighted by Crippen LogP contribution is -2.27. The Labute approximate surface area is 189 Å². The zero-order valence-electron chi connectivity index (χ0n) is 18.7. The van der Waals surface area contributed by atoms with E-state index in [-0.39, 0.29) is 18.9 Å². The lowest BCUT2D eigenvalue weighted by molar-refractivity contribution is -0.120. The van der Waals surface area contributed by atoms with Gasteiger partial charge in [-0.2, -0.15) is 0 Å². The van der Waals surface area contributed by atoms with E-state index in [1.807, 2.05) is 57.2 Å². The molecule has 0 saturated carbocycles. The van der Waals surface area contributed by atoms with Crippen molar-refractivity contribution in [1.29, 1.82) is 0 Å². The van der Waals surface area contributed by atoms with Gasteiger partial charge in [0.1, 0.15) is 22.7 Å². The number of furan rings is 2. The van der Waals surface area contributed by atoms with Gasteiger partial charge >= 0.3 is 5.63 Å². The molecule has 5 aromatic rings. The Morgan fingerprint density at radius 2 is 1.67 bits per heavy atom. The van der Waals surface area contributed by atoms with E-state index in [0.29, 0.717) is 22.5 Å². The van der Waals surface area contributed by atoms with Crippen LogP contribution < -0.4 is 10.9 Å². The second kappa shape index (κ2) is 8.13. The van der Waals surface area contributed by atoms with Crippen LogP contribution in [0.15, 0.2) is 72.8 Å². The summed E-state index contributed by atoms with van der Waals surface area (Å²) in [5.41, 5.74) is 4.59. The molecule has 0 unspecified atom stereocenters. The number of hydrogen-bond acceptors (Lipinski definition) is 5. The number of carbonyl (C=O) groups excluding carboxylic acids is 1. The Hall–Kier alpha value is -4.06. The van der Waals surface area contributed by atoms with Crippen molar-refractivity contribution >= 4 is 27.8 Å². The minimum Gasteiger partial charge on any atom is -0.467 e. The summed E-state index contributed by atoms with van der Waals surface area (Å²) < 4.78 is 17.0. The van der Waals surface area contributed by atoms with Crippen LogP contribution in [-0.4, -0.2) is 5.91 Å². The Kier molecular flexibility index (Phi) is 5.13. The van der Waals surface area contributed by atoms with E-state index >= 15 is 0 Å². The van der Waals surface area contributed by atoms with Crippen LogP contribution in [0.25, 0.3) is 33.1 Å². The summed E-state index contributed by atoms with van der Waals surface area (Å²) in [5.74, 6) is 1.17. The number of benzene rings is 2. The number of hydrogen-bond donors (Lipinski definition) is 1. The fraction of sp³-hybridized carbons (Fsp3) is 0.185. The molecule has 0 aliphatic carbocycles. The molecule has 3 aromatic heterocycles. The first-order valence-electron chi connectivity index (χ1n) is 10.8. The highest BCUT2D eigenvalue weighted by atomic mass is 16.4. The average Bonchev–Trinajstić information content (AvgIpc) is 3.44. The minimum absolute atomic E-state index is 0.0716. The van der Waals surface area contributed by atoms with Gasteiger partial charge in [-0.25, -0.2) is 4.79 Å². The average molecular weight is 441 g/mol. The van der Waals surface area contributed by atoms with Gasteiger partial charge in [0.05, 0.1) is 24.8 Å². The van der Waals surface area contributed by atoms with Gasteiger partial charge in [-0.15, -0.1) is 0 Å². The van der Waals surface area contributed by atoms with Crippen molar-refractivity contribution in [2.45, 2.75) is 33.7 Å². The van der Waals surface area contributed by atoms with Gasteiger partial charge in [-0.05, 0) is 50.1 Å². The highest BCUT2D eigenvalue weighted by molar-refractivity contribution is 6.06. The van der Waals surface area contributed by atoms with Crippen LogP contribution >= 0.6 is 0 Å². The molecule has 6 heteroatoms. The summed E-state index contributed by atoms with van der Waals surface area (Å²) in [6, 6.07) is 15.6. The number of carbonyl (C=O) groups is 1. The third kappa shape index (κ3) is 3.63. The Bertz CT molecular complexity index is 1540. The highest BCUT2D eigenvalue weighted by Crippen LogP contribution is 2.39. The van der Waals surface area contributed by atoms with Crippen LogP contribution in [0.5, 0.6) is 0 Å². The lowest BCUT2D eigenvalue weighted by atomic mass is 9.96. The normalized spacial score (nSPS) is 11.4. The van der Waals surface area contributed by atoms with Gasteiger partial charge in [-0.1, -0.05) is 30.3 Å². The van der Waals surface area contributed by atoms with Crippen molar-refractivity contribution in [3.05, 3.63) is 93.4 Å². The molecule has 5 rings (SSSR count). The number of fused-ring (bicyclic) bond motifs is 2. The van der Waals surface area contributed by atoms with Gasteiger partial charge in [0.25, 0.3) is 0 Å². The van der Waals surface area contributed by atoms with Gasteiger partial charge in [-0.3, -0.25) is 4.79 Å². The van der Waals surface area contributed by atoms with Crippen LogP contribution in [0.3, 0.4) is 0 Å². The standard InChI is InChI=1S/C27H23NO5/c1-15-20-12-22-24(18-8-5-4-6-9-18)17(3)32-26(22)16(2)25(20)33-27(30)21(15)13-23(29)28-14-19-10-7-11-31-19/h4-12H,13-14H2,1-3H3,(H,28,29). The van der Waals surface area contributed by atoms with Crippen LogP contribution in [-0.2, 0) is 17.8 Å². The molecule has 2 aromatic carbocycles. The third-order valence-corrected chi connectivity index (χ3v) is 6.07. The first-order valence-corrected chi connectivity index (χ1v) is 10.8. The Morgan fingerprint density at radius 1 is 0.909 bits per heavy atom. The molecule has 0 spiro atoms. The maximum absolute atomic E-state index is 12.8. The van der Waals surface area contributed by atoms with Crippen molar-refractivity contribution in [1.82, 2.24) is 5.32 Å². The van der Waals surface area contributed by atoms with E-state index in [1.165, 1.54) is 0 Å². The molecule has 1 amide bonds. The van der Waals surface area contributed by atoms with Crippen LogP contribution in [0.1, 0.15) is 28.2 Å². The van der Waals surface area contributed by atoms with Crippen molar-refractivity contribution in [3.63, 3.8) is 0 Å². The predicted octanol–water partition coefficient (Wildman–Crippen LogP) is 5.58. The SMILES string of the molecule is Cc1oc2c(C)c3oc(=O)c(CC(=O)NCc4ccco4)c(C)c3cc2c1-c1ccccc1. The van der Waals surface area contributed by atoms with Crippen LogP contribution in [0.2, 0.25) is 0 Å². The highest BCUT2D eigenvalue weighted by Gasteiger charge is 2.21. The molecule has 0 radical (unpaired) electrons. The number of aryl methyl sites for hydroxylation is 3. The van der Waals surface area contributed by atoms with Gasteiger partial charge in [0, 0.05) is 21.9 Å². The van der Waals surface area contributed by atoms with Crippen molar-refractivity contribution in [2.75, 3.05) is 0 Å². The maximum atomic E-state index is 12.8. The summed E-state index contributed by atoms with van der Waals surface area (Å²) >= 11 is 0. The maximum Gasteiger partial charge on any atom is 0.340 e. The first-order chi connectivity index (χ1) is 15.9. The summed E-state index contributed by atoms with van der Waals surface area (Å²) in [4.78, 5) is 25.3. The van der Waals surface area contributed by atoms with Crippen LogP contribution in [0, 0.1) is 20.8 Å². The largest absolute Gasteiger partial charge is 0.467 e. The quantitative estimate of drug-likeness (QED) is 0.360. The summed E-state index contributed by atoms with van der Waals surface area (Å²) in [6.07, 6.45) is 1.48. The molecule has 6 nitrogen and oxygen atoms in total. The lowest BCUT2D eigenvalue weighted by Gasteiger charge is -2.10. The van der Waals surface area contributed by atoms with E-state index < -0.39 is 5.63 Å². The molecular weight excluding hydrogens is 418 g/mol. The molecule has 166 valence electrons. The smallest absolute Gasteiger partial charge is 0.340 e. The van der Waals surface area contributed by atoms with E-state index in [2.05, 4.69) is 5.32 Å². The molecule has 1 N–H and O–H groups in total. The van der Waals surface area contributed by atoms with E-state index in [4.69, 9.17) is 13.3 Å². The monoisotopic (exact) mass is 441 g/mol. The fourth-order valence-corrected chi connectivity index (χ4v) is 4.36. The van der Waals surface area contributed by atoms with Crippen molar-refractivity contribution in [2.24, 2.45) is 0 Å². The first kappa shape index (κ1) is 20.8. The third-order valence-electron chi connectivity index (χ3n) is 6.07. The number of amides is 1. The van der Waals surface area contributed by atoms with E-state index in [1.54, 1.807) is 18.4 Å². The second-order valence-electron chi connectivity index (χ2n) is 8.18. The van der Waals surface area contributed by atoms with Gasteiger partial charge in [0.2, 0.25) is 5.91 Å². The summed E-state index contributed by atoms with van der Waals surface area (Å²) in [5, 5.41) is 4.53. The van der Waals surface area contributed by atoms with Crippen LogP contribution in [0.4, 0.5) is 0 Å². The Balaban J connectivity index is 1.60. The topological polar surface area (TPSA) is 85.6 Å². The summed E-state index contributed by atoms with van der Waals surface area (Å²) in [7, 11) is 0. The molecule has 0 aliphatic rings. The second-order valence-corrected chi connectivity index (χ2v) is 8.18. The molecule has 3 heterocycles. The predicted molar refractivity (Wildman–Crippen MR) is 126 cm³/mol. The Morgan fingerprint density at radius 3 is 2.39 bits per heavy atom. The molecule has 0 atom stereocenters. The molecule has 33 heavy (non-hydrogen) atoms. The number of rotatable bonds is 5. The summed E-state index contributed by atoms with van der Waals surface area (Å²) in [6.45, 7) is 5.94. The van der Waals surface area contributed by atoms with Crippen molar-refractivity contribution < 1.29 is 18.0 Å². The molecule has 0 aliphatic heterocycles. The molecular formula is C27H23NO5. The minimum atomic E-state index is -0.512. The van der Waals surface area contributed by atoms with Crippen molar-refractivity contribution in [3.8, 4) is 11.1 Å². The zero-order chi connectivity index (χ0) is 23.1.